The molecule has 1 N–H and O–H groups in total. The first-order valence-corrected chi connectivity index (χ1v) is 6.60. The van der Waals surface area contributed by atoms with E-state index in [-0.39, 0.29) is 6.10 Å². The monoisotopic (exact) mass is 263 g/mol. The molecule has 0 fully saturated rings. The van der Waals surface area contributed by atoms with Gasteiger partial charge < -0.3 is 9.72 Å². The van der Waals surface area contributed by atoms with Crippen LogP contribution in [0.25, 0.3) is 21.8 Å². The van der Waals surface area contributed by atoms with Gasteiger partial charge in [-0.05, 0) is 18.2 Å². The molecule has 0 saturated heterocycles. The maximum atomic E-state index is 5.92. The van der Waals surface area contributed by atoms with E-state index in [9.17, 15) is 0 Å². The van der Waals surface area contributed by atoms with Crippen LogP contribution in [0.3, 0.4) is 0 Å². The summed E-state index contributed by atoms with van der Waals surface area (Å²) in [6.45, 7) is 0. The lowest BCUT2D eigenvalue weighted by molar-refractivity contribution is 0.274. The van der Waals surface area contributed by atoms with Crippen LogP contribution in [-0.2, 0) is 0 Å². The Balaban J connectivity index is 1.73. The summed E-state index contributed by atoms with van der Waals surface area (Å²) in [5.74, 6) is 0.851. The van der Waals surface area contributed by atoms with Crippen LogP contribution in [0.15, 0.2) is 53.9 Å². The molecule has 0 amide bonds. The molecule has 1 aromatic carbocycles. The highest BCUT2D eigenvalue weighted by molar-refractivity contribution is 6.07. The first-order chi connectivity index (χ1) is 9.90. The normalized spacial score (nSPS) is 17.9. The molecular formula is C16H13N3O. The van der Waals surface area contributed by atoms with Gasteiger partial charge >= 0.3 is 0 Å². The fourth-order valence-electron chi connectivity index (χ4n) is 2.52. The van der Waals surface area contributed by atoms with Gasteiger partial charge in [-0.3, -0.25) is 9.98 Å². The molecule has 4 rings (SSSR count). The Labute approximate surface area is 115 Å². The van der Waals surface area contributed by atoms with Gasteiger partial charge in [0.1, 0.15) is 11.9 Å². The van der Waals surface area contributed by atoms with E-state index in [1.54, 1.807) is 6.20 Å². The number of pyridine rings is 1. The molecule has 1 unspecified atom stereocenters. The van der Waals surface area contributed by atoms with Crippen molar-refractivity contribution in [1.82, 2.24) is 9.97 Å². The summed E-state index contributed by atoms with van der Waals surface area (Å²) in [4.78, 5) is 11.6. The van der Waals surface area contributed by atoms with Crippen molar-refractivity contribution in [2.24, 2.45) is 4.99 Å². The van der Waals surface area contributed by atoms with Crippen molar-refractivity contribution in [3.8, 4) is 5.75 Å². The number of aliphatic imine (C=N–C) groups is 1. The zero-order chi connectivity index (χ0) is 13.4. The predicted octanol–water partition coefficient (Wildman–Crippen LogP) is 3.45. The highest BCUT2D eigenvalue weighted by atomic mass is 16.5. The molecule has 0 aliphatic carbocycles. The molecule has 3 aromatic rings. The molecule has 0 radical (unpaired) electrons. The topological polar surface area (TPSA) is 50.3 Å². The molecule has 1 aliphatic rings. The molecule has 3 heterocycles. The molecule has 0 spiro atoms. The number of benzene rings is 1. The second-order valence-electron chi connectivity index (χ2n) is 4.83. The number of rotatable bonds is 2. The number of aromatic amines is 1. The van der Waals surface area contributed by atoms with E-state index in [1.165, 1.54) is 10.8 Å². The zero-order valence-corrected chi connectivity index (χ0v) is 10.8. The van der Waals surface area contributed by atoms with Crippen molar-refractivity contribution in [2.75, 3.05) is 0 Å². The highest BCUT2D eigenvalue weighted by Gasteiger charge is 2.10. The van der Waals surface area contributed by atoms with Crippen LogP contribution in [0.4, 0.5) is 0 Å². The summed E-state index contributed by atoms with van der Waals surface area (Å²) in [6, 6.07) is 8.14. The number of aromatic nitrogens is 2. The number of hydrogen-bond donors (Lipinski definition) is 1. The summed E-state index contributed by atoms with van der Waals surface area (Å²) in [5, 5.41) is 2.37. The zero-order valence-electron chi connectivity index (χ0n) is 10.8. The number of ether oxygens (including phenoxy) is 1. The van der Waals surface area contributed by atoms with Crippen LogP contribution < -0.4 is 4.74 Å². The first-order valence-electron chi connectivity index (χ1n) is 6.60. The van der Waals surface area contributed by atoms with Gasteiger partial charge in [-0.2, -0.15) is 0 Å². The van der Waals surface area contributed by atoms with Crippen LogP contribution in [0.2, 0.25) is 0 Å². The molecule has 1 atom stereocenters. The van der Waals surface area contributed by atoms with Gasteiger partial charge in [0.25, 0.3) is 0 Å². The van der Waals surface area contributed by atoms with Crippen molar-refractivity contribution >= 4 is 28.0 Å². The summed E-state index contributed by atoms with van der Waals surface area (Å²) >= 11 is 0. The van der Waals surface area contributed by atoms with E-state index < -0.39 is 0 Å². The van der Waals surface area contributed by atoms with E-state index in [1.807, 2.05) is 42.9 Å². The van der Waals surface area contributed by atoms with Crippen LogP contribution >= 0.6 is 0 Å². The third-order valence-corrected chi connectivity index (χ3v) is 3.47. The smallest absolute Gasteiger partial charge is 0.137 e. The van der Waals surface area contributed by atoms with Crippen LogP contribution in [0.1, 0.15) is 6.42 Å². The molecular weight excluding hydrogens is 250 g/mol. The minimum atomic E-state index is 0.0171. The fraction of sp³-hybridized carbons (Fsp3) is 0.125. The molecule has 0 saturated carbocycles. The number of nitrogens with zero attached hydrogens (tertiary/aromatic N) is 2. The Morgan fingerprint density at radius 3 is 3.00 bits per heavy atom. The third-order valence-electron chi connectivity index (χ3n) is 3.47. The van der Waals surface area contributed by atoms with Gasteiger partial charge in [0.05, 0.1) is 17.2 Å². The number of fused-ring (bicyclic) bond motifs is 3. The van der Waals surface area contributed by atoms with Crippen LogP contribution in [0, 0.1) is 0 Å². The Hall–Kier alpha value is -2.62. The molecule has 4 nitrogen and oxygen atoms in total. The van der Waals surface area contributed by atoms with Crippen molar-refractivity contribution in [1.29, 1.82) is 0 Å². The van der Waals surface area contributed by atoms with Crippen molar-refractivity contribution in [3.63, 3.8) is 0 Å². The van der Waals surface area contributed by atoms with E-state index in [0.717, 1.165) is 23.2 Å². The Kier molecular flexibility index (Phi) is 2.52. The summed E-state index contributed by atoms with van der Waals surface area (Å²) in [5.41, 5.74) is 2.11. The van der Waals surface area contributed by atoms with Gasteiger partial charge in [-0.1, -0.05) is 6.08 Å². The average molecular weight is 263 g/mol. The minimum Gasteiger partial charge on any atom is -0.484 e. The van der Waals surface area contributed by atoms with Gasteiger partial charge in [-0.25, -0.2) is 0 Å². The van der Waals surface area contributed by atoms with Gasteiger partial charge in [0, 0.05) is 41.9 Å². The highest BCUT2D eigenvalue weighted by Crippen LogP contribution is 2.28. The maximum Gasteiger partial charge on any atom is 0.137 e. The Bertz CT molecular complexity index is 832. The van der Waals surface area contributed by atoms with E-state index in [4.69, 9.17) is 4.74 Å². The van der Waals surface area contributed by atoms with E-state index in [0.29, 0.717) is 0 Å². The first kappa shape index (κ1) is 11.2. The molecule has 4 heteroatoms. The minimum absolute atomic E-state index is 0.0171. The summed E-state index contributed by atoms with van der Waals surface area (Å²) in [6.07, 6.45) is 10.2. The molecule has 2 aromatic heterocycles. The molecule has 98 valence electrons. The quantitative estimate of drug-likeness (QED) is 0.769. The lowest BCUT2D eigenvalue weighted by atomic mass is 10.2. The van der Waals surface area contributed by atoms with Crippen molar-refractivity contribution < 1.29 is 4.74 Å². The summed E-state index contributed by atoms with van der Waals surface area (Å²) < 4.78 is 5.92. The average Bonchev–Trinajstić information content (AvgIpc) is 2.86. The van der Waals surface area contributed by atoms with Crippen molar-refractivity contribution in [3.05, 3.63) is 48.9 Å². The number of H-pyrrole nitrogens is 1. The molecule has 0 bridgehead atoms. The van der Waals surface area contributed by atoms with Gasteiger partial charge in [-0.15, -0.1) is 0 Å². The second-order valence-corrected chi connectivity index (χ2v) is 4.83. The SMILES string of the molecule is C1=CN=CC(Oc2ccc3c(c2)[nH]c2cnccc23)C1. The van der Waals surface area contributed by atoms with Gasteiger partial charge in [0.15, 0.2) is 0 Å². The largest absolute Gasteiger partial charge is 0.484 e. The predicted molar refractivity (Wildman–Crippen MR) is 80.3 cm³/mol. The Morgan fingerprint density at radius 1 is 1.15 bits per heavy atom. The number of nitrogens with one attached hydrogen (secondary N) is 1. The molecule has 20 heavy (non-hydrogen) atoms. The fourth-order valence-corrected chi connectivity index (χ4v) is 2.52. The standard InChI is InChI=1S/C16H13N3O/c1-2-12(9-17-6-1)20-11-3-4-13-14-5-7-18-10-16(14)19-15(13)8-11/h1,3-10,12,19H,2H2. The van der Waals surface area contributed by atoms with E-state index in [2.05, 4.69) is 21.0 Å². The van der Waals surface area contributed by atoms with Crippen LogP contribution in [-0.4, -0.2) is 22.3 Å². The summed E-state index contributed by atoms with van der Waals surface area (Å²) in [7, 11) is 0. The van der Waals surface area contributed by atoms with Gasteiger partial charge in [0.2, 0.25) is 0 Å². The lowest BCUT2D eigenvalue weighted by Crippen LogP contribution is -2.18. The lowest BCUT2D eigenvalue weighted by Gasteiger charge is -2.14. The number of hydrogen-bond acceptors (Lipinski definition) is 3. The van der Waals surface area contributed by atoms with Crippen molar-refractivity contribution in [2.45, 2.75) is 12.5 Å². The maximum absolute atomic E-state index is 5.92. The van der Waals surface area contributed by atoms with E-state index >= 15 is 0 Å². The third kappa shape index (κ3) is 1.86. The Morgan fingerprint density at radius 2 is 2.10 bits per heavy atom. The molecule has 1 aliphatic heterocycles. The van der Waals surface area contributed by atoms with Crippen LogP contribution in [0.5, 0.6) is 5.75 Å². The second kappa shape index (κ2) is 4.49.